The molecule has 4 rings (SSSR count). The van der Waals surface area contributed by atoms with Crippen molar-refractivity contribution in [3.63, 3.8) is 0 Å². The molecule has 0 aromatic heterocycles. The first kappa shape index (κ1) is 33.4. The van der Waals surface area contributed by atoms with Crippen LogP contribution < -0.4 is 5.32 Å². The second-order valence-corrected chi connectivity index (χ2v) is 10.1. The maximum absolute atomic E-state index is 12.2. The van der Waals surface area contributed by atoms with Crippen LogP contribution in [0.25, 0.3) is 0 Å². The molecule has 41 heavy (non-hydrogen) atoms. The van der Waals surface area contributed by atoms with Crippen molar-refractivity contribution in [3.05, 3.63) is 99.0 Å². The highest BCUT2D eigenvalue weighted by atomic mass is 35.5. The minimum Gasteiger partial charge on any atom is -0.412 e. The van der Waals surface area contributed by atoms with Gasteiger partial charge in [0.2, 0.25) is 12.8 Å². The van der Waals surface area contributed by atoms with E-state index in [-0.39, 0.29) is 29.5 Å². The quantitative estimate of drug-likeness (QED) is 0.233. The van der Waals surface area contributed by atoms with E-state index in [0.717, 1.165) is 49.3 Å². The van der Waals surface area contributed by atoms with Gasteiger partial charge in [-0.25, -0.2) is 0 Å². The zero-order valence-electron chi connectivity index (χ0n) is 23.2. The smallest absolute Gasteiger partial charge is 0.269 e. The second-order valence-electron chi connectivity index (χ2n) is 10.1. The van der Waals surface area contributed by atoms with Gasteiger partial charge >= 0.3 is 0 Å². The summed E-state index contributed by atoms with van der Waals surface area (Å²) in [6.45, 7) is 6.55. The number of nitro groups is 1. The molecular formula is C29H38ClN5O6. The number of hydrazine groups is 1. The third kappa shape index (κ3) is 7.50. The van der Waals surface area contributed by atoms with E-state index in [9.17, 15) is 24.8 Å². The Morgan fingerprint density at radius 3 is 2.29 bits per heavy atom. The van der Waals surface area contributed by atoms with Crippen molar-refractivity contribution >= 4 is 30.9 Å². The number of carbonyl (C=O) groups excluding carboxylic acids is 2. The summed E-state index contributed by atoms with van der Waals surface area (Å²) in [5.74, 6) is -0.322. The molecule has 222 valence electrons. The molecule has 12 heteroatoms. The normalized spacial score (nSPS) is 18.4. The van der Waals surface area contributed by atoms with Gasteiger partial charge in [0.15, 0.2) is 0 Å². The Bertz CT molecular complexity index is 1250. The fourth-order valence-corrected chi connectivity index (χ4v) is 5.56. The predicted octanol–water partition coefficient (Wildman–Crippen LogP) is 3.22. The fraction of sp³-hybridized carbons (Fsp3) is 0.379. The monoisotopic (exact) mass is 587 g/mol. The number of allylic oxidation sites excluding steroid dienone is 3. The number of amides is 2. The SMILES string of the molecule is CC1=CC(c2ccc([N+](=O)[O-])cc2)C(NC=O)=C(C)N1N(C=O)CCCN1CCC(O)(c2ccccc2)CC1.Cl.O. The summed E-state index contributed by atoms with van der Waals surface area (Å²) in [7, 11) is 0. The lowest BCUT2D eigenvalue weighted by Gasteiger charge is -2.41. The standard InChI is InChI=1S/C29H35N5O5.ClH.H2O/c1-22-19-27(24-9-11-26(12-10-24)34(38)39)28(30-20-35)23(2)33(22)32(21-36)16-6-15-31-17-13-29(37,14-18-31)25-7-4-3-5-8-25;;/h3-5,7-12,19-21,27,37H,6,13-18H2,1-2H3,(H,30,35);1H;1H2. The summed E-state index contributed by atoms with van der Waals surface area (Å²) in [5, 5.41) is 28.3. The lowest BCUT2D eigenvalue weighted by molar-refractivity contribution is -0.384. The number of rotatable bonds is 11. The number of nitrogens with zero attached hydrogens (tertiary/aromatic N) is 4. The summed E-state index contributed by atoms with van der Waals surface area (Å²) in [4.78, 5) is 36.6. The van der Waals surface area contributed by atoms with Crippen LogP contribution in [0.15, 0.2) is 77.8 Å². The number of aliphatic hydroxyl groups is 1. The lowest BCUT2D eigenvalue weighted by Crippen LogP contribution is -2.45. The van der Waals surface area contributed by atoms with E-state index in [1.165, 1.54) is 12.1 Å². The molecule has 1 fully saturated rings. The molecule has 2 amide bonds. The third-order valence-electron chi connectivity index (χ3n) is 7.67. The van der Waals surface area contributed by atoms with Gasteiger partial charge < -0.3 is 20.8 Å². The lowest BCUT2D eigenvalue weighted by atomic mass is 9.84. The van der Waals surface area contributed by atoms with E-state index in [1.807, 2.05) is 50.3 Å². The molecule has 4 N–H and O–H groups in total. The first-order valence-electron chi connectivity index (χ1n) is 13.1. The van der Waals surface area contributed by atoms with Gasteiger partial charge in [-0.1, -0.05) is 42.5 Å². The second kappa shape index (κ2) is 14.7. The van der Waals surface area contributed by atoms with Crippen LogP contribution in [-0.4, -0.2) is 69.4 Å². The van der Waals surface area contributed by atoms with Crippen molar-refractivity contribution in [2.24, 2.45) is 0 Å². The average molecular weight is 588 g/mol. The number of carbonyl (C=O) groups is 2. The maximum Gasteiger partial charge on any atom is 0.269 e. The molecule has 2 heterocycles. The van der Waals surface area contributed by atoms with Crippen molar-refractivity contribution in [1.29, 1.82) is 0 Å². The largest absolute Gasteiger partial charge is 0.412 e. The number of nitro benzene ring substituents is 1. The topological polar surface area (TPSA) is 151 Å². The van der Waals surface area contributed by atoms with Gasteiger partial charge in [0.25, 0.3) is 5.69 Å². The highest BCUT2D eigenvalue weighted by Gasteiger charge is 2.34. The maximum atomic E-state index is 12.2. The molecule has 0 saturated carbocycles. The summed E-state index contributed by atoms with van der Waals surface area (Å²) in [5.41, 5.74) is 3.06. The molecule has 1 saturated heterocycles. The van der Waals surface area contributed by atoms with Gasteiger partial charge in [0, 0.05) is 43.4 Å². The number of hydrogen-bond donors (Lipinski definition) is 2. The van der Waals surface area contributed by atoms with Crippen molar-refractivity contribution in [2.45, 2.75) is 44.6 Å². The number of nitrogens with one attached hydrogen (secondary N) is 1. The van der Waals surface area contributed by atoms with E-state index in [4.69, 9.17) is 0 Å². The zero-order valence-corrected chi connectivity index (χ0v) is 24.0. The number of benzene rings is 2. The van der Waals surface area contributed by atoms with Crippen LogP contribution in [0.4, 0.5) is 5.69 Å². The molecule has 2 aromatic rings. The zero-order chi connectivity index (χ0) is 28.0. The van der Waals surface area contributed by atoms with Crippen LogP contribution in [0.2, 0.25) is 0 Å². The number of halogens is 1. The Kier molecular flexibility index (Phi) is 12.0. The average Bonchev–Trinajstić information content (AvgIpc) is 2.95. The summed E-state index contributed by atoms with van der Waals surface area (Å²) in [6.07, 6.45) is 5.38. The first-order chi connectivity index (χ1) is 18.8. The third-order valence-corrected chi connectivity index (χ3v) is 7.67. The number of hydrogen-bond acceptors (Lipinski definition) is 7. The van der Waals surface area contributed by atoms with Gasteiger partial charge in [0.05, 0.1) is 21.9 Å². The van der Waals surface area contributed by atoms with E-state index >= 15 is 0 Å². The number of likely N-dealkylation sites (tertiary alicyclic amines) is 1. The van der Waals surface area contributed by atoms with Crippen LogP contribution in [-0.2, 0) is 15.2 Å². The first-order valence-corrected chi connectivity index (χ1v) is 13.1. The van der Waals surface area contributed by atoms with Gasteiger partial charge in [0.1, 0.15) is 0 Å². The minimum atomic E-state index is -0.799. The summed E-state index contributed by atoms with van der Waals surface area (Å²) >= 11 is 0. The summed E-state index contributed by atoms with van der Waals surface area (Å²) in [6, 6.07) is 16.0. The highest BCUT2D eigenvalue weighted by Crippen LogP contribution is 2.36. The Hall–Kier alpha value is -3.77. The molecule has 0 bridgehead atoms. The van der Waals surface area contributed by atoms with E-state index in [1.54, 1.807) is 22.2 Å². The molecular weight excluding hydrogens is 550 g/mol. The van der Waals surface area contributed by atoms with Crippen LogP contribution in [0.1, 0.15) is 50.2 Å². The molecule has 2 aromatic carbocycles. The number of non-ortho nitro benzene ring substituents is 1. The highest BCUT2D eigenvalue weighted by molar-refractivity contribution is 5.85. The van der Waals surface area contributed by atoms with Crippen molar-refractivity contribution in [2.75, 3.05) is 26.2 Å². The van der Waals surface area contributed by atoms with Gasteiger partial charge in [-0.2, -0.15) is 0 Å². The Balaban J connectivity index is 0.00000294. The molecule has 2 aliphatic rings. The Labute approximate surface area is 246 Å². The van der Waals surface area contributed by atoms with E-state index in [0.29, 0.717) is 37.2 Å². The van der Waals surface area contributed by atoms with Crippen LogP contribution >= 0.6 is 12.4 Å². The Morgan fingerprint density at radius 1 is 1.10 bits per heavy atom. The van der Waals surface area contributed by atoms with Crippen molar-refractivity contribution in [3.8, 4) is 0 Å². The molecule has 11 nitrogen and oxygen atoms in total. The van der Waals surface area contributed by atoms with E-state index < -0.39 is 10.5 Å². The van der Waals surface area contributed by atoms with Gasteiger partial charge in [-0.15, -0.1) is 12.4 Å². The van der Waals surface area contributed by atoms with Crippen molar-refractivity contribution < 1.29 is 25.1 Å². The van der Waals surface area contributed by atoms with Crippen molar-refractivity contribution in [1.82, 2.24) is 20.2 Å². The molecule has 0 spiro atoms. The Morgan fingerprint density at radius 2 is 1.73 bits per heavy atom. The van der Waals surface area contributed by atoms with E-state index in [2.05, 4.69) is 10.2 Å². The predicted molar refractivity (Wildman–Crippen MR) is 158 cm³/mol. The van der Waals surface area contributed by atoms with Crippen LogP contribution in [0.3, 0.4) is 0 Å². The van der Waals surface area contributed by atoms with Gasteiger partial charge in [-0.3, -0.25) is 29.7 Å². The molecule has 0 aliphatic carbocycles. The molecule has 2 aliphatic heterocycles. The molecule has 1 atom stereocenters. The fourth-order valence-electron chi connectivity index (χ4n) is 5.56. The minimum absolute atomic E-state index is 0. The molecule has 1 unspecified atom stereocenters. The summed E-state index contributed by atoms with van der Waals surface area (Å²) < 4.78 is 0. The van der Waals surface area contributed by atoms with Gasteiger partial charge in [-0.05, 0) is 56.9 Å². The molecule has 0 radical (unpaired) electrons. The number of piperidine rings is 1. The van der Waals surface area contributed by atoms with Crippen LogP contribution in [0, 0.1) is 10.1 Å². The van der Waals surface area contributed by atoms with Crippen LogP contribution in [0.5, 0.6) is 0 Å².